The number of Topliss-reactive ketones (excluding diaryl/α,β-unsaturated/α-hetero) is 1. The largest absolute Gasteiger partial charge is 0.411 e. The van der Waals surface area contributed by atoms with Gasteiger partial charge in [-0.3, -0.25) is 4.79 Å². The van der Waals surface area contributed by atoms with Crippen molar-refractivity contribution in [2.24, 2.45) is 0 Å². The molecule has 4 nitrogen and oxygen atoms in total. The van der Waals surface area contributed by atoms with Crippen molar-refractivity contribution in [1.29, 1.82) is 0 Å². The lowest BCUT2D eigenvalue weighted by molar-refractivity contribution is 0.0993. The molecular weight excluding hydrogens is 376 g/mol. The first-order chi connectivity index (χ1) is 11.1. The first kappa shape index (κ1) is 16.0. The molecule has 1 atom stereocenters. The zero-order valence-electron chi connectivity index (χ0n) is 12.3. The lowest BCUT2D eigenvalue weighted by atomic mass is 10.1. The number of benzene rings is 2. The summed E-state index contributed by atoms with van der Waals surface area (Å²) in [5.74, 6) is 0.478. The SMILES string of the molecule is CC(Sc1nnc(-c2cccc(Br)c2)o1)C(=O)c1ccccc1. The van der Waals surface area contributed by atoms with Crippen molar-refractivity contribution in [2.75, 3.05) is 0 Å². The molecule has 2 aromatic carbocycles. The minimum absolute atomic E-state index is 0.0396. The molecule has 0 bridgehead atoms. The Hall–Kier alpha value is -1.92. The van der Waals surface area contributed by atoms with Crippen LogP contribution >= 0.6 is 27.7 Å². The van der Waals surface area contributed by atoms with Gasteiger partial charge in [0.15, 0.2) is 5.78 Å². The number of rotatable bonds is 5. The summed E-state index contributed by atoms with van der Waals surface area (Å²) in [6.07, 6.45) is 0. The number of halogens is 1. The first-order valence-electron chi connectivity index (χ1n) is 6.99. The van der Waals surface area contributed by atoms with Gasteiger partial charge in [-0.05, 0) is 25.1 Å². The fraction of sp³-hybridized carbons (Fsp3) is 0.118. The Balaban J connectivity index is 1.73. The van der Waals surface area contributed by atoms with Crippen LogP contribution in [-0.2, 0) is 0 Å². The monoisotopic (exact) mass is 388 g/mol. The van der Waals surface area contributed by atoms with Gasteiger partial charge in [0.05, 0.1) is 5.25 Å². The normalized spacial score (nSPS) is 12.1. The van der Waals surface area contributed by atoms with Gasteiger partial charge in [0.2, 0.25) is 5.89 Å². The fourth-order valence-electron chi connectivity index (χ4n) is 2.04. The molecule has 0 N–H and O–H groups in total. The van der Waals surface area contributed by atoms with Crippen LogP contribution in [0.25, 0.3) is 11.5 Å². The van der Waals surface area contributed by atoms with Crippen molar-refractivity contribution in [3.63, 3.8) is 0 Å². The second-order valence-electron chi connectivity index (χ2n) is 4.87. The Morgan fingerprint density at radius 1 is 1.13 bits per heavy atom. The van der Waals surface area contributed by atoms with Crippen LogP contribution in [0.5, 0.6) is 0 Å². The van der Waals surface area contributed by atoms with Crippen LogP contribution in [-0.4, -0.2) is 21.2 Å². The number of hydrogen-bond acceptors (Lipinski definition) is 5. The Morgan fingerprint density at radius 2 is 1.91 bits per heavy atom. The van der Waals surface area contributed by atoms with Crippen LogP contribution in [0.2, 0.25) is 0 Å². The van der Waals surface area contributed by atoms with Crippen molar-refractivity contribution in [1.82, 2.24) is 10.2 Å². The van der Waals surface area contributed by atoms with Crippen LogP contribution in [0.3, 0.4) is 0 Å². The third-order valence-corrected chi connectivity index (χ3v) is 4.61. The zero-order chi connectivity index (χ0) is 16.2. The smallest absolute Gasteiger partial charge is 0.277 e. The Morgan fingerprint density at radius 3 is 2.65 bits per heavy atom. The summed E-state index contributed by atoms with van der Waals surface area (Å²) in [5.41, 5.74) is 1.51. The molecule has 0 saturated carbocycles. The molecule has 116 valence electrons. The van der Waals surface area contributed by atoms with Gasteiger partial charge < -0.3 is 4.42 Å². The van der Waals surface area contributed by atoms with Crippen molar-refractivity contribution in [2.45, 2.75) is 17.4 Å². The average molecular weight is 389 g/mol. The van der Waals surface area contributed by atoms with Crippen LogP contribution in [0, 0.1) is 0 Å². The number of ketones is 1. The highest BCUT2D eigenvalue weighted by Gasteiger charge is 2.19. The van der Waals surface area contributed by atoms with Crippen molar-refractivity contribution < 1.29 is 9.21 Å². The maximum Gasteiger partial charge on any atom is 0.277 e. The van der Waals surface area contributed by atoms with Gasteiger partial charge in [0.1, 0.15) is 0 Å². The van der Waals surface area contributed by atoms with Gasteiger partial charge in [0, 0.05) is 15.6 Å². The maximum absolute atomic E-state index is 12.4. The second kappa shape index (κ2) is 7.10. The molecule has 23 heavy (non-hydrogen) atoms. The van der Waals surface area contributed by atoms with E-state index in [-0.39, 0.29) is 11.0 Å². The lowest BCUT2D eigenvalue weighted by Crippen LogP contribution is -2.13. The van der Waals surface area contributed by atoms with Crippen molar-refractivity contribution >= 4 is 33.5 Å². The summed E-state index contributed by atoms with van der Waals surface area (Å²) in [4.78, 5) is 12.4. The van der Waals surface area contributed by atoms with E-state index in [9.17, 15) is 4.79 Å². The van der Waals surface area contributed by atoms with Gasteiger partial charge in [-0.15, -0.1) is 10.2 Å². The van der Waals surface area contributed by atoms with Gasteiger partial charge in [-0.2, -0.15) is 0 Å². The molecule has 0 spiro atoms. The van der Waals surface area contributed by atoms with E-state index in [2.05, 4.69) is 26.1 Å². The summed E-state index contributed by atoms with van der Waals surface area (Å²) >= 11 is 4.68. The molecule has 3 aromatic rings. The number of carbonyl (C=O) groups is 1. The molecule has 0 saturated heterocycles. The minimum Gasteiger partial charge on any atom is -0.411 e. The van der Waals surface area contributed by atoms with Crippen LogP contribution in [0.1, 0.15) is 17.3 Å². The van der Waals surface area contributed by atoms with E-state index >= 15 is 0 Å². The summed E-state index contributed by atoms with van der Waals surface area (Å²) in [6, 6.07) is 16.8. The van der Waals surface area contributed by atoms with Gasteiger partial charge in [-0.1, -0.05) is 64.1 Å². The Labute approximate surface area is 146 Å². The topological polar surface area (TPSA) is 56.0 Å². The van der Waals surface area contributed by atoms with E-state index in [1.54, 1.807) is 12.1 Å². The van der Waals surface area contributed by atoms with Crippen LogP contribution in [0.15, 0.2) is 68.7 Å². The number of aromatic nitrogens is 2. The van der Waals surface area contributed by atoms with E-state index in [4.69, 9.17) is 4.42 Å². The summed E-state index contributed by atoms with van der Waals surface area (Å²) in [6.45, 7) is 1.84. The molecule has 0 amide bonds. The molecular formula is C17H13BrN2O2S. The van der Waals surface area contributed by atoms with E-state index in [0.717, 1.165) is 10.0 Å². The highest BCUT2D eigenvalue weighted by Crippen LogP contribution is 2.28. The molecule has 1 unspecified atom stereocenters. The van der Waals surface area contributed by atoms with Crippen LogP contribution < -0.4 is 0 Å². The Bertz CT molecular complexity index is 820. The average Bonchev–Trinajstić information content (AvgIpc) is 3.03. The molecule has 0 aliphatic rings. The van der Waals surface area contributed by atoms with Gasteiger partial charge in [-0.25, -0.2) is 0 Å². The summed E-state index contributed by atoms with van der Waals surface area (Å²) < 4.78 is 6.59. The van der Waals surface area contributed by atoms with Crippen LogP contribution in [0.4, 0.5) is 0 Å². The number of hydrogen-bond donors (Lipinski definition) is 0. The molecule has 1 aromatic heterocycles. The number of nitrogens with zero attached hydrogens (tertiary/aromatic N) is 2. The molecule has 0 radical (unpaired) electrons. The zero-order valence-corrected chi connectivity index (χ0v) is 14.7. The minimum atomic E-state index is -0.298. The fourth-order valence-corrected chi connectivity index (χ4v) is 3.20. The third kappa shape index (κ3) is 3.89. The number of thioether (sulfide) groups is 1. The molecule has 6 heteroatoms. The third-order valence-electron chi connectivity index (χ3n) is 3.18. The van der Waals surface area contributed by atoms with E-state index in [1.807, 2.05) is 49.4 Å². The van der Waals surface area contributed by atoms with Gasteiger partial charge in [0.25, 0.3) is 5.22 Å². The predicted octanol–water partition coefficient (Wildman–Crippen LogP) is 4.86. The first-order valence-corrected chi connectivity index (χ1v) is 8.66. The second-order valence-corrected chi connectivity index (χ2v) is 7.08. The lowest BCUT2D eigenvalue weighted by Gasteiger charge is -2.06. The number of carbonyl (C=O) groups excluding carboxylic acids is 1. The van der Waals surface area contributed by atoms with Crippen molar-refractivity contribution in [3.05, 3.63) is 64.6 Å². The Kier molecular flexibility index (Phi) is 4.93. The highest BCUT2D eigenvalue weighted by molar-refractivity contribution is 9.10. The standard InChI is InChI=1S/C17H13BrN2O2S/c1-11(15(21)12-6-3-2-4-7-12)23-17-20-19-16(22-17)13-8-5-9-14(18)10-13/h2-11H,1H3. The van der Waals surface area contributed by atoms with E-state index < -0.39 is 0 Å². The quantitative estimate of drug-likeness (QED) is 0.461. The molecule has 0 aliphatic heterocycles. The summed E-state index contributed by atoms with van der Waals surface area (Å²) in [7, 11) is 0. The highest BCUT2D eigenvalue weighted by atomic mass is 79.9. The predicted molar refractivity (Wildman–Crippen MR) is 93.5 cm³/mol. The van der Waals surface area contributed by atoms with Crippen molar-refractivity contribution in [3.8, 4) is 11.5 Å². The van der Waals surface area contributed by atoms with E-state index in [0.29, 0.717) is 16.7 Å². The summed E-state index contributed by atoms with van der Waals surface area (Å²) in [5, 5.41) is 8.15. The molecule has 3 rings (SSSR count). The maximum atomic E-state index is 12.4. The molecule has 1 heterocycles. The molecule has 0 fully saturated rings. The molecule has 0 aliphatic carbocycles. The van der Waals surface area contributed by atoms with E-state index in [1.165, 1.54) is 11.8 Å². The van der Waals surface area contributed by atoms with Gasteiger partial charge >= 0.3 is 0 Å².